The molecule has 1 aliphatic carbocycles. The molecular formula is C10H10ClF. The SMILES string of the molecule is CC1(F)CCc2cccc(Cl)c21. The Morgan fingerprint density at radius 2 is 2.25 bits per heavy atom. The summed E-state index contributed by atoms with van der Waals surface area (Å²) in [6, 6.07) is 5.58. The van der Waals surface area contributed by atoms with Crippen molar-refractivity contribution in [1.29, 1.82) is 0 Å². The molecule has 0 heterocycles. The van der Waals surface area contributed by atoms with Crippen molar-refractivity contribution in [2.75, 3.05) is 0 Å². The predicted molar refractivity (Wildman–Crippen MR) is 48.2 cm³/mol. The van der Waals surface area contributed by atoms with Crippen molar-refractivity contribution in [3.8, 4) is 0 Å². The Morgan fingerprint density at radius 1 is 1.50 bits per heavy atom. The molecule has 0 spiro atoms. The summed E-state index contributed by atoms with van der Waals surface area (Å²) in [6.45, 7) is 1.60. The van der Waals surface area contributed by atoms with Crippen LogP contribution >= 0.6 is 11.6 Å². The third-order valence-corrected chi connectivity index (χ3v) is 2.80. The van der Waals surface area contributed by atoms with Crippen molar-refractivity contribution in [3.05, 3.63) is 34.3 Å². The van der Waals surface area contributed by atoms with Gasteiger partial charge in [-0.15, -0.1) is 0 Å². The zero-order valence-electron chi connectivity index (χ0n) is 6.90. The van der Waals surface area contributed by atoms with Crippen molar-refractivity contribution in [1.82, 2.24) is 0 Å². The highest BCUT2D eigenvalue weighted by atomic mass is 35.5. The highest BCUT2D eigenvalue weighted by Crippen LogP contribution is 2.43. The number of halogens is 2. The zero-order valence-corrected chi connectivity index (χ0v) is 7.66. The number of hydrogen-bond donors (Lipinski definition) is 0. The Hall–Kier alpha value is -0.560. The minimum absolute atomic E-state index is 0.562. The smallest absolute Gasteiger partial charge is 0.135 e. The fourth-order valence-electron chi connectivity index (χ4n) is 1.86. The molecule has 1 aliphatic rings. The highest BCUT2D eigenvalue weighted by Gasteiger charge is 2.35. The van der Waals surface area contributed by atoms with Gasteiger partial charge < -0.3 is 0 Å². The maximum atomic E-state index is 13.8. The first-order valence-corrected chi connectivity index (χ1v) is 4.46. The van der Waals surface area contributed by atoms with E-state index >= 15 is 0 Å². The fraction of sp³-hybridized carbons (Fsp3) is 0.400. The molecule has 64 valence electrons. The number of alkyl halides is 1. The second-order valence-corrected chi connectivity index (χ2v) is 3.88. The van der Waals surface area contributed by atoms with E-state index in [9.17, 15) is 4.39 Å². The molecule has 0 fully saturated rings. The van der Waals surface area contributed by atoms with Gasteiger partial charge in [0.25, 0.3) is 0 Å². The Bertz CT molecular complexity index is 318. The molecule has 0 bridgehead atoms. The lowest BCUT2D eigenvalue weighted by Gasteiger charge is -2.15. The third-order valence-electron chi connectivity index (χ3n) is 2.49. The highest BCUT2D eigenvalue weighted by molar-refractivity contribution is 6.31. The first-order valence-electron chi connectivity index (χ1n) is 4.08. The molecule has 0 amide bonds. The van der Waals surface area contributed by atoms with Crippen molar-refractivity contribution >= 4 is 11.6 Å². The summed E-state index contributed by atoms with van der Waals surface area (Å²) < 4.78 is 13.8. The summed E-state index contributed by atoms with van der Waals surface area (Å²) in [6.07, 6.45) is 1.37. The molecule has 1 unspecified atom stereocenters. The van der Waals surface area contributed by atoms with Crippen LogP contribution in [0.5, 0.6) is 0 Å². The average molecular weight is 185 g/mol. The third kappa shape index (κ3) is 1.04. The first-order chi connectivity index (χ1) is 5.61. The minimum Gasteiger partial charge on any atom is -0.239 e. The second kappa shape index (κ2) is 2.46. The molecule has 0 nitrogen and oxygen atoms in total. The van der Waals surface area contributed by atoms with Crippen molar-refractivity contribution < 1.29 is 4.39 Å². The van der Waals surface area contributed by atoms with Crippen LogP contribution in [0.1, 0.15) is 24.5 Å². The monoisotopic (exact) mass is 184 g/mol. The lowest BCUT2D eigenvalue weighted by molar-refractivity contribution is 0.194. The summed E-state index contributed by atoms with van der Waals surface area (Å²) in [4.78, 5) is 0. The summed E-state index contributed by atoms with van der Waals surface area (Å²) in [5.74, 6) is 0. The molecule has 1 aromatic carbocycles. The molecule has 1 aromatic rings. The van der Waals surface area contributed by atoms with Gasteiger partial charge in [0.15, 0.2) is 0 Å². The zero-order chi connectivity index (χ0) is 8.77. The number of rotatable bonds is 0. The maximum Gasteiger partial charge on any atom is 0.135 e. The van der Waals surface area contributed by atoms with Gasteiger partial charge in [-0.25, -0.2) is 4.39 Å². The van der Waals surface area contributed by atoms with E-state index < -0.39 is 5.67 Å². The van der Waals surface area contributed by atoms with E-state index in [0.717, 1.165) is 12.0 Å². The molecule has 0 N–H and O–H groups in total. The lowest BCUT2D eigenvalue weighted by Crippen LogP contribution is -2.10. The summed E-state index contributed by atoms with van der Waals surface area (Å²) >= 11 is 5.91. The second-order valence-electron chi connectivity index (χ2n) is 3.47. The Balaban J connectivity index is 2.64. The van der Waals surface area contributed by atoms with Gasteiger partial charge in [-0.3, -0.25) is 0 Å². The van der Waals surface area contributed by atoms with Gasteiger partial charge in [-0.1, -0.05) is 23.7 Å². The quantitative estimate of drug-likeness (QED) is 0.579. The van der Waals surface area contributed by atoms with Crippen LogP contribution in [0.3, 0.4) is 0 Å². The van der Waals surface area contributed by atoms with Gasteiger partial charge in [0.1, 0.15) is 5.67 Å². The normalized spacial score (nSPS) is 27.2. The van der Waals surface area contributed by atoms with Gasteiger partial charge >= 0.3 is 0 Å². The van der Waals surface area contributed by atoms with E-state index in [2.05, 4.69) is 0 Å². The molecular weight excluding hydrogens is 175 g/mol. The molecule has 0 aromatic heterocycles. The van der Waals surface area contributed by atoms with Crippen LogP contribution in [0, 0.1) is 0 Å². The van der Waals surface area contributed by atoms with Crippen molar-refractivity contribution in [2.45, 2.75) is 25.4 Å². The van der Waals surface area contributed by atoms with E-state index in [1.54, 1.807) is 13.0 Å². The average Bonchev–Trinajstić information content (AvgIpc) is 2.29. The molecule has 0 aliphatic heterocycles. The Labute approximate surface area is 76.4 Å². The standard InChI is InChI=1S/C10H10ClF/c1-10(12)6-5-7-3-2-4-8(11)9(7)10/h2-4H,5-6H2,1H3. The van der Waals surface area contributed by atoms with Crippen molar-refractivity contribution in [3.63, 3.8) is 0 Å². The predicted octanol–water partition coefficient (Wildman–Crippen LogP) is 3.47. The molecule has 2 heteroatoms. The first kappa shape index (κ1) is 8.06. The van der Waals surface area contributed by atoms with E-state index in [-0.39, 0.29) is 0 Å². The van der Waals surface area contributed by atoms with Crippen LogP contribution in [0.25, 0.3) is 0 Å². The largest absolute Gasteiger partial charge is 0.239 e. The van der Waals surface area contributed by atoms with Gasteiger partial charge in [0.2, 0.25) is 0 Å². The molecule has 0 saturated heterocycles. The van der Waals surface area contributed by atoms with Crippen LogP contribution in [0.4, 0.5) is 4.39 Å². The summed E-state index contributed by atoms with van der Waals surface area (Å²) in [5.41, 5.74) is 0.549. The number of benzene rings is 1. The molecule has 0 saturated carbocycles. The van der Waals surface area contributed by atoms with E-state index in [0.29, 0.717) is 17.0 Å². The molecule has 1 atom stereocenters. The van der Waals surface area contributed by atoms with Crippen LogP contribution in [-0.2, 0) is 12.1 Å². The maximum absolute atomic E-state index is 13.8. The summed E-state index contributed by atoms with van der Waals surface area (Å²) in [7, 11) is 0. The Kier molecular flexibility index (Phi) is 1.65. The topological polar surface area (TPSA) is 0 Å². The number of fused-ring (bicyclic) bond motifs is 1. The number of hydrogen-bond acceptors (Lipinski definition) is 0. The molecule has 12 heavy (non-hydrogen) atoms. The van der Waals surface area contributed by atoms with Crippen molar-refractivity contribution in [2.24, 2.45) is 0 Å². The minimum atomic E-state index is -1.21. The molecule has 0 radical (unpaired) electrons. The summed E-state index contributed by atoms with van der Waals surface area (Å²) in [5, 5.41) is 0.565. The van der Waals surface area contributed by atoms with Crippen LogP contribution < -0.4 is 0 Å². The van der Waals surface area contributed by atoms with Gasteiger partial charge in [0.05, 0.1) is 0 Å². The van der Waals surface area contributed by atoms with Gasteiger partial charge in [-0.05, 0) is 31.4 Å². The van der Waals surface area contributed by atoms with Crippen LogP contribution in [0.2, 0.25) is 5.02 Å². The molecule has 2 rings (SSSR count). The lowest BCUT2D eigenvalue weighted by atomic mass is 10.0. The van der Waals surface area contributed by atoms with Crippen LogP contribution in [0.15, 0.2) is 18.2 Å². The van der Waals surface area contributed by atoms with E-state index in [1.165, 1.54) is 0 Å². The van der Waals surface area contributed by atoms with E-state index in [4.69, 9.17) is 11.6 Å². The fourth-order valence-corrected chi connectivity index (χ4v) is 2.25. The van der Waals surface area contributed by atoms with Crippen LogP contribution in [-0.4, -0.2) is 0 Å². The number of aryl methyl sites for hydroxylation is 1. The van der Waals surface area contributed by atoms with E-state index in [1.807, 2.05) is 12.1 Å². The Morgan fingerprint density at radius 3 is 2.92 bits per heavy atom. The van der Waals surface area contributed by atoms with Gasteiger partial charge in [-0.2, -0.15) is 0 Å². The van der Waals surface area contributed by atoms with Gasteiger partial charge in [0, 0.05) is 10.6 Å².